The first-order valence-electron chi connectivity index (χ1n) is 12.0. The number of para-hydroxylation sites is 3. The van der Waals surface area contributed by atoms with E-state index in [9.17, 15) is 4.79 Å². The molecule has 0 spiro atoms. The highest BCUT2D eigenvalue weighted by Gasteiger charge is 2.24. The van der Waals surface area contributed by atoms with Crippen molar-refractivity contribution in [2.45, 2.75) is 39.8 Å². The van der Waals surface area contributed by atoms with Crippen molar-refractivity contribution >= 4 is 22.2 Å². The van der Waals surface area contributed by atoms with Crippen molar-refractivity contribution in [3.63, 3.8) is 0 Å². The molecule has 0 fully saturated rings. The fourth-order valence-corrected chi connectivity index (χ4v) is 4.85. The van der Waals surface area contributed by atoms with Crippen LogP contribution in [0, 0.1) is 0 Å². The molecule has 1 N–H and O–H groups in total. The summed E-state index contributed by atoms with van der Waals surface area (Å²) in [6, 6.07) is 20.2. The first-order valence-corrected chi connectivity index (χ1v) is 12.0. The third kappa shape index (κ3) is 3.80. The van der Waals surface area contributed by atoms with E-state index in [0.29, 0.717) is 19.0 Å². The Morgan fingerprint density at radius 1 is 1.03 bits per heavy atom. The predicted octanol–water partition coefficient (Wildman–Crippen LogP) is 4.98. The van der Waals surface area contributed by atoms with Gasteiger partial charge in [-0.05, 0) is 37.6 Å². The number of aromatic nitrogens is 5. The number of aromatic amines is 1. The summed E-state index contributed by atoms with van der Waals surface area (Å²) in [4.78, 5) is 24.2. The van der Waals surface area contributed by atoms with Crippen molar-refractivity contribution in [1.29, 1.82) is 0 Å². The van der Waals surface area contributed by atoms with Crippen molar-refractivity contribution < 1.29 is 9.26 Å². The summed E-state index contributed by atoms with van der Waals surface area (Å²) in [6.45, 7) is 5.03. The number of H-pyrrole nitrogens is 1. The monoisotopic (exact) mass is 479 g/mol. The number of benzene rings is 2. The van der Waals surface area contributed by atoms with Crippen molar-refractivity contribution in [1.82, 2.24) is 24.7 Å². The van der Waals surface area contributed by atoms with Crippen LogP contribution >= 0.6 is 0 Å². The van der Waals surface area contributed by atoms with Gasteiger partial charge in [0, 0.05) is 28.7 Å². The fraction of sp³-hybridized carbons (Fsp3) is 0.214. The maximum Gasteiger partial charge on any atom is 0.439 e. The van der Waals surface area contributed by atoms with E-state index in [4.69, 9.17) is 19.2 Å². The summed E-state index contributed by atoms with van der Waals surface area (Å²) >= 11 is 0. The zero-order chi connectivity index (χ0) is 24.6. The van der Waals surface area contributed by atoms with Crippen molar-refractivity contribution in [2.75, 3.05) is 0 Å². The Hall–Kier alpha value is -4.46. The Balaban J connectivity index is 1.47. The van der Waals surface area contributed by atoms with Crippen LogP contribution in [0.3, 0.4) is 0 Å². The van der Waals surface area contributed by atoms with E-state index in [2.05, 4.69) is 45.9 Å². The van der Waals surface area contributed by atoms with Gasteiger partial charge in [0.05, 0.1) is 29.0 Å². The van der Waals surface area contributed by atoms with E-state index in [-0.39, 0.29) is 0 Å². The molecule has 8 heteroatoms. The maximum absolute atomic E-state index is 11.6. The number of fused-ring (bicyclic) bond motifs is 3. The lowest BCUT2D eigenvalue weighted by Crippen LogP contribution is -2.09. The van der Waals surface area contributed by atoms with Crippen LogP contribution in [0.15, 0.2) is 70.0 Å². The summed E-state index contributed by atoms with van der Waals surface area (Å²) < 4.78 is 13.2. The first-order chi connectivity index (χ1) is 17.6. The molecule has 8 nitrogen and oxygen atoms in total. The largest absolute Gasteiger partial charge is 0.487 e. The second-order valence-corrected chi connectivity index (χ2v) is 8.88. The smallest absolute Gasteiger partial charge is 0.439 e. The van der Waals surface area contributed by atoms with Gasteiger partial charge in [-0.25, -0.2) is 9.78 Å². The van der Waals surface area contributed by atoms with E-state index in [1.807, 2.05) is 43.3 Å². The SMILES string of the molecule is CCCc1nc2ccccc2n1Cc1ccc2c(n1)COc1ccccc1/C2=C(/C)c1noc(=O)[nH]1. The number of nitrogens with zero attached hydrogens (tertiary/aromatic N) is 4. The molecule has 5 aromatic rings. The lowest BCUT2D eigenvalue weighted by atomic mass is 9.92. The number of aryl methyl sites for hydroxylation is 1. The van der Waals surface area contributed by atoms with Gasteiger partial charge >= 0.3 is 5.76 Å². The lowest BCUT2D eigenvalue weighted by Gasteiger charge is -2.14. The molecule has 1 aliphatic heterocycles. The molecule has 6 rings (SSSR count). The number of pyridine rings is 1. The minimum absolute atomic E-state index is 0.332. The Morgan fingerprint density at radius 2 is 1.86 bits per heavy atom. The molecule has 0 bridgehead atoms. The van der Waals surface area contributed by atoms with Gasteiger partial charge < -0.3 is 9.30 Å². The van der Waals surface area contributed by atoms with Gasteiger partial charge in [0.1, 0.15) is 18.2 Å². The predicted molar refractivity (Wildman–Crippen MR) is 137 cm³/mol. The normalized spacial score (nSPS) is 14.2. The lowest BCUT2D eigenvalue weighted by molar-refractivity contribution is 0.302. The molecule has 0 atom stereocenters. The van der Waals surface area contributed by atoms with E-state index < -0.39 is 5.76 Å². The molecule has 3 aromatic heterocycles. The summed E-state index contributed by atoms with van der Waals surface area (Å²) in [5, 5.41) is 3.92. The molecule has 0 radical (unpaired) electrons. The third-order valence-corrected chi connectivity index (χ3v) is 6.52. The van der Waals surface area contributed by atoms with Crippen LogP contribution in [0.25, 0.3) is 22.2 Å². The number of allylic oxidation sites excluding steroid dienone is 1. The molecule has 0 aliphatic carbocycles. The highest BCUT2D eigenvalue weighted by atomic mass is 16.5. The van der Waals surface area contributed by atoms with Gasteiger partial charge in [-0.2, -0.15) is 0 Å². The summed E-state index contributed by atoms with van der Waals surface area (Å²) in [5.74, 6) is 1.61. The number of nitrogens with one attached hydrogen (secondary N) is 1. The number of rotatable bonds is 5. The molecule has 0 saturated heterocycles. The van der Waals surface area contributed by atoms with Gasteiger partial charge in [0.15, 0.2) is 5.82 Å². The second-order valence-electron chi connectivity index (χ2n) is 8.88. The standard InChI is InChI=1S/C28H25N5O3/c1-3-8-25-30-21-10-5-6-11-23(21)33(25)15-18-13-14-19-22(29-18)16-35-24-12-7-4-9-20(24)26(19)17(2)27-31-28(34)36-32-27/h4-7,9-14H,3,8,15-16H2,1-2H3,(H,31,32,34)/b26-17-. The average molecular weight is 480 g/mol. The molecule has 0 unspecified atom stereocenters. The summed E-state index contributed by atoms with van der Waals surface area (Å²) in [5.41, 5.74) is 7.39. The van der Waals surface area contributed by atoms with E-state index >= 15 is 0 Å². The quantitative estimate of drug-likeness (QED) is 0.382. The van der Waals surface area contributed by atoms with Crippen LogP contribution in [0.1, 0.15) is 54.4 Å². The molecule has 0 amide bonds. The van der Waals surface area contributed by atoms with E-state index in [1.54, 1.807) is 0 Å². The van der Waals surface area contributed by atoms with Gasteiger partial charge in [0.2, 0.25) is 0 Å². The molecular formula is C28H25N5O3. The number of ether oxygens (including phenoxy) is 1. The van der Waals surface area contributed by atoms with Crippen LogP contribution in [0.4, 0.5) is 0 Å². The van der Waals surface area contributed by atoms with Gasteiger partial charge in [-0.3, -0.25) is 14.5 Å². The van der Waals surface area contributed by atoms with E-state index in [1.165, 1.54) is 0 Å². The van der Waals surface area contributed by atoms with Crippen LogP contribution in [0.5, 0.6) is 5.75 Å². The Labute approximate surface area is 207 Å². The topological polar surface area (TPSA) is 98.8 Å². The minimum atomic E-state index is -0.591. The molecule has 180 valence electrons. The fourth-order valence-electron chi connectivity index (χ4n) is 4.85. The van der Waals surface area contributed by atoms with E-state index in [0.717, 1.165) is 69.1 Å². The number of imidazole rings is 1. The molecule has 2 aromatic carbocycles. The third-order valence-electron chi connectivity index (χ3n) is 6.52. The van der Waals surface area contributed by atoms with Gasteiger partial charge in [-0.15, -0.1) is 0 Å². The Kier molecular flexibility index (Phi) is 5.48. The summed E-state index contributed by atoms with van der Waals surface area (Å²) in [6.07, 6.45) is 1.92. The van der Waals surface area contributed by atoms with Crippen molar-refractivity contribution in [3.8, 4) is 5.75 Å². The van der Waals surface area contributed by atoms with Gasteiger partial charge in [-0.1, -0.05) is 48.5 Å². The van der Waals surface area contributed by atoms with Crippen LogP contribution in [-0.4, -0.2) is 24.7 Å². The molecule has 0 saturated carbocycles. The highest BCUT2D eigenvalue weighted by Crippen LogP contribution is 2.40. The number of hydrogen-bond donors (Lipinski definition) is 1. The average Bonchev–Trinajstić information content (AvgIpc) is 3.43. The van der Waals surface area contributed by atoms with Gasteiger partial charge in [0.25, 0.3) is 0 Å². The van der Waals surface area contributed by atoms with Crippen LogP contribution < -0.4 is 10.5 Å². The zero-order valence-electron chi connectivity index (χ0n) is 20.1. The molecular weight excluding hydrogens is 454 g/mol. The summed E-state index contributed by atoms with van der Waals surface area (Å²) in [7, 11) is 0. The molecule has 4 heterocycles. The minimum Gasteiger partial charge on any atom is -0.487 e. The van der Waals surface area contributed by atoms with Crippen LogP contribution in [0.2, 0.25) is 0 Å². The number of hydrogen-bond acceptors (Lipinski definition) is 6. The zero-order valence-corrected chi connectivity index (χ0v) is 20.1. The van der Waals surface area contributed by atoms with Crippen molar-refractivity contribution in [3.05, 3.63) is 105 Å². The molecule has 1 aliphatic rings. The second kappa shape index (κ2) is 8.96. The Bertz CT molecular complexity index is 1670. The first kappa shape index (κ1) is 22.0. The van der Waals surface area contributed by atoms with Crippen molar-refractivity contribution in [2.24, 2.45) is 0 Å². The Morgan fingerprint density at radius 3 is 2.69 bits per heavy atom. The molecule has 36 heavy (non-hydrogen) atoms. The maximum atomic E-state index is 11.6. The highest BCUT2D eigenvalue weighted by molar-refractivity contribution is 5.99. The van der Waals surface area contributed by atoms with Crippen LogP contribution in [-0.2, 0) is 19.6 Å².